The van der Waals surface area contributed by atoms with E-state index in [1.807, 2.05) is 13.8 Å². The third kappa shape index (κ3) is 10.3. The Morgan fingerprint density at radius 2 is 1.43 bits per heavy atom. The van der Waals surface area contributed by atoms with Gasteiger partial charge in [0.05, 0.1) is 19.1 Å². The first-order valence-corrected chi connectivity index (χ1v) is 6.50. The molecule has 9 heteroatoms. The van der Waals surface area contributed by atoms with E-state index >= 15 is 0 Å². The van der Waals surface area contributed by atoms with Gasteiger partial charge < -0.3 is 26.8 Å². The van der Waals surface area contributed by atoms with E-state index in [1.54, 1.807) is 0 Å². The van der Waals surface area contributed by atoms with Gasteiger partial charge in [-0.2, -0.15) is 0 Å². The summed E-state index contributed by atoms with van der Waals surface area (Å²) in [5.74, 6) is -2.55. The van der Waals surface area contributed by atoms with Crippen molar-refractivity contribution in [3.8, 4) is 0 Å². The van der Waals surface area contributed by atoms with Crippen LogP contribution in [-0.4, -0.2) is 54.5 Å². The first kappa shape index (κ1) is 18.8. The Morgan fingerprint density at radius 3 is 1.90 bits per heavy atom. The van der Waals surface area contributed by atoms with Crippen molar-refractivity contribution in [3.05, 3.63) is 0 Å². The van der Waals surface area contributed by atoms with Crippen LogP contribution in [0.2, 0.25) is 0 Å². The zero-order chi connectivity index (χ0) is 16.4. The second-order valence-corrected chi connectivity index (χ2v) is 4.90. The van der Waals surface area contributed by atoms with Crippen LogP contribution in [0.4, 0.5) is 0 Å². The van der Waals surface area contributed by atoms with Crippen LogP contribution in [0, 0.1) is 5.92 Å². The van der Waals surface area contributed by atoms with Crippen LogP contribution in [0.5, 0.6) is 0 Å². The van der Waals surface area contributed by atoms with Crippen molar-refractivity contribution in [1.29, 1.82) is 0 Å². The maximum atomic E-state index is 11.5. The second kappa shape index (κ2) is 9.70. The molecule has 0 fully saturated rings. The lowest BCUT2D eigenvalue weighted by Crippen LogP contribution is -2.47. The fraction of sp³-hybridized carbons (Fsp3) is 0.667. The number of hydrogen-bond acceptors (Lipinski definition) is 5. The lowest BCUT2D eigenvalue weighted by atomic mass is 10.0. The molecule has 0 bridgehead atoms. The van der Waals surface area contributed by atoms with Crippen molar-refractivity contribution in [3.63, 3.8) is 0 Å². The minimum Gasteiger partial charge on any atom is -0.480 e. The number of carbonyl (C=O) groups excluding carboxylic acids is 3. The summed E-state index contributed by atoms with van der Waals surface area (Å²) in [7, 11) is 0. The molecule has 1 atom stereocenters. The van der Waals surface area contributed by atoms with E-state index in [-0.39, 0.29) is 19.0 Å². The Kier molecular flexibility index (Phi) is 8.70. The number of nitrogens with one attached hydrogen (secondary N) is 3. The Balaban J connectivity index is 3.87. The molecule has 6 N–H and O–H groups in total. The highest BCUT2D eigenvalue weighted by molar-refractivity contribution is 5.90. The highest BCUT2D eigenvalue weighted by Gasteiger charge is 2.15. The van der Waals surface area contributed by atoms with Gasteiger partial charge in [-0.3, -0.25) is 19.2 Å². The van der Waals surface area contributed by atoms with Gasteiger partial charge in [-0.1, -0.05) is 13.8 Å². The third-order valence-corrected chi connectivity index (χ3v) is 2.37. The number of carbonyl (C=O) groups is 4. The van der Waals surface area contributed by atoms with Gasteiger partial charge in [-0.05, 0) is 12.3 Å². The van der Waals surface area contributed by atoms with Gasteiger partial charge in [0.2, 0.25) is 17.7 Å². The van der Waals surface area contributed by atoms with Crippen LogP contribution in [0.25, 0.3) is 0 Å². The normalized spacial score (nSPS) is 11.6. The fourth-order valence-electron chi connectivity index (χ4n) is 1.39. The molecular formula is C12H22N4O5. The van der Waals surface area contributed by atoms with E-state index in [4.69, 9.17) is 10.8 Å². The van der Waals surface area contributed by atoms with Crippen molar-refractivity contribution >= 4 is 23.7 Å². The summed E-state index contributed by atoms with van der Waals surface area (Å²) in [4.78, 5) is 44.2. The van der Waals surface area contributed by atoms with E-state index in [0.29, 0.717) is 6.42 Å². The van der Waals surface area contributed by atoms with Gasteiger partial charge in [0, 0.05) is 0 Å². The minimum atomic E-state index is -1.18. The Morgan fingerprint density at radius 1 is 0.952 bits per heavy atom. The molecule has 9 nitrogen and oxygen atoms in total. The van der Waals surface area contributed by atoms with Crippen molar-refractivity contribution < 1.29 is 24.3 Å². The monoisotopic (exact) mass is 302 g/mol. The smallest absolute Gasteiger partial charge is 0.322 e. The Labute approximate surface area is 122 Å². The third-order valence-electron chi connectivity index (χ3n) is 2.37. The van der Waals surface area contributed by atoms with Gasteiger partial charge in [0.15, 0.2) is 0 Å². The van der Waals surface area contributed by atoms with Crippen LogP contribution in [0.1, 0.15) is 20.3 Å². The summed E-state index contributed by atoms with van der Waals surface area (Å²) < 4.78 is 0. The molecular weight excluding hydrogens is 280 g/mol. The van der Waals surface area contributed by atoms with E-state index in [0.717, 1.165) is 0 Å². The molecule has 3 amide bonds. The number of carboxylic acid groups (broad SMARTS) is 1. The van der Waals surface area contributed by atoms with Crippen molar-refractivity contribution in [1.82, 2.24) is 16.0 Å². The average molecular weight is 302 g/mol. The van der Waals surface area contributed by atoms with Crippen LogP contribution < -0.4 is 21.7 Å². The van der Waals surface area contributed by atoms with Crippen molar-refractivity contribution in [2.24, 2.45) is 11.7 Å². The number of rotatable bonds is 9. The second-order valence-electron chi connectivity index (χ2n) is 4.90. The molecule has 0 heterocycles. The van der Waals surface area contributed by atoms with Crippen LogP contribution in [0.3, 0.4) is 0 Å². The topological polar surface area (TPSA) is 151 Å². The summed E-state index contributed by atoms with van der Waals surface area (Å²) in [6, 6.07) is -0.684. The fourth-order valence-corrected chi connectivity index (χ4v) is 1.39. The molecule has 0 aliphatic heterocycles. The number of carboxylic acids is 1. The first-order chi connectivity index (χ1) is 9.72. The molecule has 0 aliphatic rings. The molecule has 21 heavy (non-hydrogen) atoms. The highest BCUT2D eigenvalue weighted by atomic mass is 16.4. The Bertz CT molecular complexity index is 397. The van der Waals surface area contributed by atoms with Gasteiger partial charge in [0.25, 0.3) is 0 Å². The largest absolute Gasteiger partial charge is 0.480 e. The lowest BCUT2D eigenvalue weighted by Gasteiger charge is -2.14. The van der Waals surface area contributed by atoms with Crippen molar-refractivity contribution in [2.45, 2.75) is 26.3 Å². The number of nitrogens with two attached hydrogens (primary N) is 1. The molecule has 0 rings (SSSR count). The molecule has 0 aromatic carbocycles. The number of aliphatic carboxylic acids is 1. The van der Waals surface area contributed by atoms with E-state index in [9.17, 15) is 19.2 Å². The van der Waals surface area contributed by atoms with Gasteiger partial charge in [0.1, 0.15) is 6.54 Å². The Hall–Kier alpha value is -2.16. The predicted octanol–water partition coefficient (Wildman–Crippen LogP) is -2.21. The van der Waals surface area contributed by atoms with Gasteiger partial charge >= 0.3 is 5.97 Å². The molecule has 0 aliphatic carbocycles. The van der Waals surface area contributed by atoms with E-state index in [1.165, 1.54) is 0 Å². The summed E-state index contributed by atoms with van der Waals surface area (Å²) in [5, 5.41) is 15.0. The zero-order valence-electron chi connectivity index (χ0n) is 12.1. The molecule has 120 valence electrons. The van der Waals surface area contributed by atoms with Gasteiger partial charge in [-0.15, -0.1) is 0 Å². The quantitative estimate of drug-likeness (QED) is 0.326. The molecule has 0 aromatic rings. The SMILES string of the molecule is CC(C)CC(N)C(=O)NCC(=O)NCC(=O)NCC(=O)O. The summed E-state index contributed by atoms with van der Waals surface area (Å²) in [6.07, 6.45) is 0.505. The summed E-state index contributed by atoms with van der Waals surface area (Å²) in [6.45, 7) is 2.68. The van der Waals surface area contributed by atoms with Gasteiger partial charge in [-0.25, -0.2) is 0 Å². The lowest BCUT2D eigenvalue weighted by molar-refractivity contribution is -0.137. The maximum absolute atomic E-state index is 11.5. The molecule has 0 saturated heterocycles. The number of hydrogen-bond donors (Lipinski definition) is 5. The minimum absolute atomic E-state index is 0.262. The molecule has 1 unspecified atom stereocenters. The standard InChI is InChI=1S/C12H22N4O5/c1-7(2)3-8(13)12(21)16-5-10(18)14-4-9(17)15-6-11(19)20/h7-8H,3-6,13H2,1-2H3,(H,14,18)(H,15,17)(H,16,21)(H,19,20). The molecule has 0 aromatic heterocycles. The highest BCUT2D eigenvalue weighted by Crippen LogP contribution is 2.02. The maximum Gasteiger partial charge on any atom is 0.322 e. The zero-order valence-corrected chi connectivity index (χ0v) is 12.1. The van der Waals surface area contributed by atoms with E-state index < -0.39 is 36.3 Å². The molecule has 0 radical (unpaired) electrons. The molecule has 0 spiro atoms. The predicted molar refractivity (Wildman–Crippen MR) is 74.1 cm³/mol. The summed E-state index contributed by atoms with van der Waals surface area (Å²) in [5.41, 5.74) is 5.63. The van der Waals surface area contributed by atoms with E-state index in [2.05, 4.69) is 16.0 Å². The molecule has 0 saturated carbocycles. The average Bonchev–Trinajstić information content (AvgIpc) is 2.39. The van der Waals surface area contributed by atoms with Crippen molar-refractivity contribution in [2.75, 3.05) is 19.6 Å². The van der Waals surface area contributed by atoms with Crippen LogP contribution >= 0.6 is 0 Å². The number of amides is 3. The summed E-state index contributed by atoms with van der Waals surface area (Å²) >= 11 is 0. The van der Waals surface area contributed by atoms with Crippen LogP contribution in [-0.2, 0) is 19.2 Å². The first-order valence-electron chi connectivity index (χ1n) is 6.50. The van der Waals surface area contributed by atoms with Crippen LogP contribution in [0.15, 0.2) is 0 Å².